The number of carbonyl (C=O) groups excluding carboxylic acids is 1. The van der Waals surface area contributed by atoms with E-state index in [1.165, 1.54) is 24.3 Å². The molecule has 0 bridgehead atoms. The van der Waals surface area contributed by atoms with E-state index in [2.05, 4.69) is 4.72 Å². The first-order valence-corrected chi connectivity index (χ1v) is 10.9. The molecule has 0 atom stereocenters. The first-order valence-electron chi connectivity index (χ1n) is 9.07. The fourth-order valence-electron chi connectivity index (χ4n) is 3.20. The van der Waals surface area contributed by atoms with E-state index in [-0.39, 0.29) is 28.8 Å². The first kappa shape index (κ1) is 20.8. The molecule has 28 heavy (non-hydrogen) atoms. The van der Waals surface area contributed by atoms with Gasteiger partial charge in [0.15, 0.2) is 0 Å². The Morgan fingerprint density at radius 1 is 1.21 bits per heavy atom. The Morgan fingerprint density at radius 2 is 1.89 bits per heavy atom. The third kappa shape index (κ3) is 4.71. The molecule has 2 aromatic rings. The van der Waals surface area contributed by atoms with Crippen molar-refractivity contribution in [3.05, 3.63) is 64.4 Å². The van der Waals surface area contributed by atoms with E-state index >= 15 is 0 Å². The normalized spacial score (nSPS) is 15.6. The number of rotatable bonds is 5. The summed E-state index contributed by atoms with van der Waals surface area (Å²) in [6, 6.07) is 10.6. The van der Waals surface area contributed by atoms with Crippen molar-refractivity contribution in [2.24, 2.45) is 5.92 Å². The summed E-state index contributed by atoms with van der Waals surface area (Å²) in [5, 5.41) is 0.405. The van der Waals surface area contributed by atoms with Gasteiger partial charge in [0.25, 0.3) is 5.91 Å². The zero-order valence-electron chi connectivity index (χ0n) is 15.5. The van der Waals surface area contributed by atoms with Crippen LogP contribution in [-0.4, -0.2) is 38.9 Å². The van der Waals surface area contributed by atoms with Crippen molar-refractivity contribution in [1.29, 1.82) is 0 Å². The van der Waals surface area contributed by atoms with Crippen molar-refractivity contribution in [1.82, 2.24) is 9.62 Å². The largest absolute Gasteiger partial charge is 0.339 e. The number of aryl methyl sites for hydroxylation is 1. The number of benzene rings is 2. The predicted octanol–water partition coefficient (Wildman–Crippen LogP) is 3.62. The maximum Gasteiger partial charge on any atom is 0.256 e. The van der Waals surface area contributed by atoms with Crippen LogP contribution in [0.25, 0.3) is 0 Å². The maximum absolute atomic E-state index is 13.8. The number of nitrogens with zero attached hydrogens (tertiary/aromatic N) is 1. The Labute approximate surface area is 169 Å². The minimum atomic E-state index is -3.64. The number of sulfonamides is 1. The van der Waals surface area contributed by atoms with Gasteiger partial charge in [-0.3, -0.25) is 4.79 Å². The zero-order valence-corrected chi connectivity index (χ0v) is 17.1. The highest BCUT2D eigenvalue weighted by atomic mass is 35.5. The Bertz CT molecular complexity index is 973. The highest BCUT2D eigenvalue weighted by Crippen LogP contribution is 2.22. The molecule has 5 nitrogen and oxygen atoms in total. The number of likely N-dealkylation sites (tertiary alicyclic amines) is 1. The van der Waals surface area contributed by atoms with Gasteiger partial charge in [0, 0.05) is 24.7 Å². The highest BCUT2D eigenvalue weighted by Gasteiger charge is 2.26. The smallest absolute Gasteiger partial charge is 0.256 e. The number of nitrogens with one attached hydrogen (secondary N) is 1. The van der Waals surface area contributed by atoms with Gasteiger partial charge in [-0.2, -0.15) is 0 Å². The van der Waals surface area contributed by atoms with Gasteiger partial charge in [-0.1, -0.05) is 29.8 Å². The van der Waals surface area contributed by atoms with Crippen LogP contribution >= 0.6 is 11.6 Å². The molecule has 1 fully saturated rings. The molecule has 150 valence electrons. The van der Waals surface area contributed by atoms with E-state index in [1.807, 2.05) is 6.92 Å². The Balaban J connectivity index is 1.55. The molecule has 0 unspecified atom stereocenters. The van der Waals surface area contributed by atoms with E-state index in [9.17, 15) is 17.6 Å². The average molecular weight is 425 g/mol. The van der Waals surface area contributed by atoms with Gasteiger partial charge in [0.2, 0.25) is 10.0 Å². The first-order chi connectivity index (χ1) is 13.3. The Morgan fingerprint density at radius 3 is 2.54 bits per heavy atom. The summed E-state index contributed by atoms with van der Waals surface area (Å²) < 4.78 is 41.3. The average Bonchev–Trinajstić information content (AvgIpc) is 2.69. The fraction of sp³-hybridized carbons (Fsp3) is 0.350. The van der Waals surface area contributed by atoms with Crippen molar-refractivity contribution in [3.63, 3.8) is 0 Å². The summed E-state index contributed by atoms with van der Waals surface area (Å²) in [7, 11) is -3.64. The maximum atomic E-state index is 13.8. The van der Waals surface area contributed by atoms with Gasteiger partial charge < -0.3 is 4.90 Å². The van der Waals surface area contributed by atoms with Crippen LogP contribution in [0, 0.1) is 18.7 Å². The van der Waals surface area contributed by atoms with E-state index in [0.29, 0.717) is 31.0 Å². The van der Waals surface area contributed by atoms with Crippen LogP contribution in [-0.2, 0) is 10.0 Å². The summed E-state index contributed by atoms with van der Waals surface area (Å²) in [4.78, 5) is 14.2. The van der Waals surface area contributed by atoms with Gasteiger partial charge in [-0.25, -0.2) is 17.5 Å². The number of halogens is 2. The van der Waals surface area contributed by atoms with Crippen molar-refractivity contribution >= 4 is 27.5 Å². The van der Waals surface area contributed by atoms with E-state index in [1.54, 1.807) is 23.1 Å². The monoisotopic (exact) mass is 424 g/mol. The predicted molar refractivity (Wildman–Crippen MR) is 106 cm³/mol. The SMILES string of the molecule is Cc1ccc(S(=O)(=O)NCC2CCN(C(=O)c3ccccc3F)CC2)cc1Cl. The minimum absolute atomic E-state index is 0.0675. The standard InChI is InChI=1S/C20H22ClFN2O3S/c1-14-6-7-16(12-18(14)21)28(26,27)23-13-15-8-10-24(11-9-15)20(25)17-4-2-3-5-19(17)22/h2-7,12,15,23H,8-11,13H2,1H3. The fourth-order valence-corrected chi connectivity index (χ4v) is 4.58. The molecule has 0 spiro atoms. The lowest BCUT2D eigenvalue weighted by Gasteiger charge is -2.32. The van der Waals surface area contributed by atoms with Crippen molar-refractivity contribution in [2.45, 2.75) is 24.7 Å². The van der Waals surface area contributed by atoms with E-state index in [4.69, 9.17) is 11.6 Å². The molecule has 3 rings (SSSR count). The molecule has 1 aliphatic rings. The number of piperidine rings is 1. The van der Waals surface area contributed by atoms with Crippen LogP contribution in [0.2, 0.25) is 5.02 Å². The summed E-state index contributed by atoms with van der Waals surface area (Å²) in [5.74, 6) is -0.745. The molecule has 1 heterocycles. The molecule has 0 radical (unpaired) electrons. The lowest BCUT2D eigenvalue weighted by atomic mass is 9.96. The summed E-state index contributed by atoms with van der Waals surface area (Å²) in [6.45, 7) is 3.03. The Hall–Kier alpha value is -1.96. The molecule has 1 aliphatic heterocycles. The van der Waals surface area contributed by atoms with E-state index in [0.717, 1.165) is 5.56 Å². The Kier molecular flexibility index (Phi) is 6.37. The zero-order chi connectivity index (χ0) is 20.3. The third-order valence-electron chi connectivity index (χ3n) is 5.02. The number of carbonyl (C=O) groups is 1. The second-order valence-electron chi connectivity index (χ2n) is 6.98. The summed E-state index contributed by atoms with van der Waals surface area (Å²) in [6.07, 6.45) is 1.30. The molecular weight excluding hydrogens is 403 g/mol. The van der Waals surface area contributed by atoms with Gasteiger partial charge in [0.1, 0.15) is 5.82 Å². The number of amides is 1. The highest BCUT2D eigenvalue weighted by molar-refractivity contribution is 7.89. The summed E-state index contributed by atoms with van der Waals surface area (Å²) >= 11 is 6.02. The molecule has 0 aromatic heterocycles. The van der Waals surface area contributed by atoms with Crippen LogP contribution in [0.3, 0.4) is 0 Å². The topological polar surface area (TPSA) is 66.5 Å². The van der Waals surface area contributed by atoms with Gasteiger partial charge in [-0.05, 0) is 55.5 Å². The molecule has 1 amide bonds. The molecule has 0 aliphatic carbocycles. The van der Waals surface area contributed by atoms with E-state index < -0.39 is 15.8 Å². The van der Waals surface area contributed by atoms with Gasteiger partial charge in [-0.15, -0.1) is 0 Å². The van der Waals surface area contributed by atoms with Crippen molar-refractivity contribution < 1.29 is 17.6 Å². The third-order valence-corrected chi connectivity index (χ3v) is 6.85. The minimum Gasteiger partial charge on any atom is -0.339 e. The van der Waals surface area contributed by atoms with Gasteiger partial charge >= 0.3 is 0 Å². The van der Waals surface area contributed by atoms with Crippen LogP contribution in [0.15, 0.2) is 47.4 Å². The molecular formula is C20H22ClFN2O3S. The molecule has 1 N–H and O–H groups in total. The van der Waals surface area contributed by atoms with Gasteiger partial charge in [0.05, 0.1) is 10.5 Å². The molecule has 0 saturated carbocycles. The number of hydrogen-bond acceptors (Lipinski definition) is 3. The molecule has 8 heteroatoms. The molecule has 1 saturated heterocycles. The van der Waals surface area contributed by atoms with Crippen molar-refractivity contribution in [2.75, 3.05) is 19.6 Å². The lowest BCUT2D eigenvalue weighted by Crippen LogP contribution is -2.41. The van der Waals surface area contributed by atoms with Crippen LogP contribution < -0.4 is 4.72 Å². The quantitative estimate of drug-likeness (QED) is 0.797. The van der Waals surface area contributed by atoms with Crippen molar-refractivity contribution in [3.8, 4) is 0 Å². The van der Waals surface area contributed by atoms with Crippen LogP contribution in [0.1, 0.15) is 28.8 Å². The lowest BCUT2D eigenvalue weighted by molar-refractivity contribution is 0.0687. The van der Waals surface area contributed by atoms with Crippen LogP contribution in [0.4, 0.5) is 4.39 Å². The molecule has 2 aromatic carbocycles. The second kappa shape index (κ2) is 8.59. The summed E-state index contributed by atoms with van der Waals surface area (Å²) in [5.41, 5.74) is 0.880. The van der Waals surface area contributed by atoms with Crippen LogP contribution in [0.5, 0.6) is 0 Å². The number of hydrogen-bond donors (Lipinski definition) is 1. The second-order valence-corrected chi connectivity index (χ2v) is 9.15.